The van der Waals surface area contributed by atoms with Crippen molar-refractivity contribution >= 4 is 5.82 Å². The lowest BCUT2D eigenvalue weighted by Crippen LogP contribution is -2.23. The van der Waals surface area contributed by atoms with E-state index in [2.05, 4.69) is 41.2 Å². The number of rotatable bonds is 5. The van der Waals surface area contributed by atoms with Crippen LogP contribution in [-0.4, -0.2) is 41.5 Å². The maximum atomic E-state index is 4.26. The summed E-state index contributed by atoms with van der Waals surface area (Å²) in [5.74, 6) is 0.892. The molecule has 0 fully saturated rings. The molecule has 0 radical (unpaired) electrons. The molecule has 0 spiro atoms. The van der Waals surface area contributed by atoms with E-state index in [-0.39, 0.29) is 0 Å². The molecule has 1 rings (SSSR count). The van der Waals surface area contributed by atoms with Crippen LogP contribution in [0.3, 0.4) is 0 Å². The van der Waals surface area contributed by atoms with Gasteiger partial charge in [0.15, 0.2) is 0 Å². The highest BCUT2D eigenvalue weighted by molar-refractivity contribution is 5.39. The first-order valence-corrected chi connectivity index (χ1v) is 5.28. The summed E-state index contributed by atoms with van der Waals surface area (Å²) in [5, 5.41) is 3.37. The van der Waals surface area contributed by atoms with Crippen LogP contribution < -0.4 is 5.32 Å². The highest BCUT2D eigenvalue weighted by Gasteiger charge is 2.05. The maximum absolute atomic E-state index is 4.26. The predicted molar refractivity (Wildman–Crippen MR) is 63.0 cm³/mol. The van der Waals surface area contributed by atoms with E-state index in [9.17, 15) is 0 Å². The summed E-state index contributed by atoms with van der Waals surface area (Å²) in [5.41, 5.74) is 0.953. The highest BCUT2D eigenvalue weighted by atomic mass is 15.1. The lowest BCUT2D eigenvalue weighted by molar-refractivity contribution is 0.390. The lowest BCUT2D eigenvalue weighted by Gasteiger charge is -2.17. The minimum Gasteiger partial charge on any atom is -0.366 e. The van der Waals surface area contributed by atoms with Gasteiger partial charge in [0.2, 0.25) is 0 Å². The molecule has 0 aromatic carbocycles. The van der Waals surface area contributed by atoms with Crippen molar-refractivity contribution in [2.24, 2.45) is 0 Å². The van der Waals surface area contributed by atoms with E-state index in [1.165, 1.54) is 0 Å². The Labute approximate surface area is 91.7 Å². The molecule has 4 heteroatoms. The monoisotopic (exact) mass is 208 g/mol. The molecule has 1 N–H and O–H groups in total. The number of anilines is 1. The molecule has 0 saturated carbocycles. The van der Waals surface area contributed by atoms with Gasteiger partial charge in [0, 0.05) is 18.4 Å². The molecular weight excluding hydrogens is 188 g/mol. The molecule has 0 amide bonds. The topological polar surface area (TPSA) is 41.1 Å². The Balaban J connectivity index is 2.44. The summed E-state index contributed by atoms with van der Waals surface area (Å²) >= 11 is 0. The minimum absolute atomic E-state index is 0.419. The Morgan fingerprint density at radius 3 is 2.60 bits per heavy atom. The number of aryl methyl sites for hydroxylation is 1. The van der Waals surface area contributed by atoms with E-state index in [0.717, 1.165) is 24.5 Å². The molecule has 0 aliphatic heterocycles. The summed E-state index contributed by atoms with van der Waals surface area (Å²) in [7, 11) is 4.17. The van der Waals surface area contributed by atoms with Crippen LogP contribution in [0.4, 0.5) is 5.82 Å². The number of nitrogens with one attached hydrogen (secondary N) is 1. The SMILES string of the molecule is Cc1nccnc1NC(C)CCN(C)C. The summed E-state index contributed by atoms with van der Waals surface area (Å²) < 4.78 is 0. The van der Waals surface area contributed by atoms with Crippen molar-refractivity contribution in [1.82, 2.24) is 14.9 Å². The van der Waals surface area contributed by atoms with E-state index in [0.29, 0.717) is 6.04 Å². The third-order valence-corrected chi connectivity index (χ3v) is 2.27. The second-order valence-electron chi connectivity index (χ2n) is 4.13. The van der Waals surface area contributed by atoms with Gasteiger partial charge < -0.3 is 10.2 Å². The Hall–Kier alpha value is -1.16. The normalized spacial score (nSPS) is 12.9. The van der Waals surface area contributed by atoms with Crippen molar-refractivity contribution in [2.75, 3.05) is 26.0 Å². The fourth-order valence-electron chi connectivity index (χ4n) is 1.31. The van der Waals surface area contributed by atoms with Crippen molar-refractivity contribution in [3.63, 3.8) is 0 Å². The summed E-state index contributed by atoms with van der Waals surface area (Å²) in [6.07, 6.45) is 4.53. The number of hydrogen-bond acceptors (Lipinski definition) is 4. The molecule has 4 nitrogen and oxygen atoms in total. The fraction of sp³-hybridized carbons (Fsp3) is 0.636. The van der Waals surface area contributed by atoms with Crippen LogP contribution in [0.1, 0.15) is 19.0 Å². The molecule has 0 saturated heterocycles. The second-order valence-corrected chi connectivity index (χ2v) is 4.13. The summed E-state index contributed by atoms with van der Waals surface area (Å²) in [4.78, 5) is 10.6. The molecule has 1 aromatic rings. The number of nitrogens with zero attached hydrogens (tertiary/aromatic N) is 3. The van der Waals surface area contributed by atoms with Gasteiger partial charge in [0.05, 0.1) is 5.69 Å². The summed E-state index contributed by atoms with van der Waals surface area (Å²) in [6.45, 7) is 5.21. The lowest BCUT2D eigenvalue weighted by atomic mass is 10.2. The van der Waals surface area contributed by atoms with Gasteiger partial charge in [-0.05, 0) is 40.9 Å². The van der Waals surface area contributed by atoms with E-state index in [1.54, 1.807) is 12.4 Å². The fourth-order valence-corrected chi connectivity index (χ4v) is 1.31. The smallest absolute Gasteiger partial charge is 0.147 e. The van der Waals surface area contributed by atoms with E-state index < -0.39 is 0 Å². The van der Waals surface area contributed by atoms with Crippen molar-refractivity contribution in [1.29, 1.82) is 0 Å². The standard InChI is InChI=1S/C11H20N4/c1-9(5-8-15(3)4)14-11-10(2)12-6-7-13-11/h6-7,9H,5,8H2,1-4H3,(H,13,14). The minimum atomic E-state index is 0.419. The first-order valence-electron chi connectivity index (χ1n) is 5.28. The Morgan fingerprint density at radius 1 is 1.33 bits per heavy atom. The van der Waals surface area contributed by atoms with Crippen LogP contribution in [0.2, 0.25) is 0 Å². The van der Waals surface area contributed by atoms with E-state index in [4.69, 9.17) is 0 Å². The average Bonchev–Trinajstić information content (AvgIpc) is 2.18. The Bertz CT molecular complexity index is 298. The molecule has 0 bridgehead atoms. The van der Waals surface area contributed by atoms with Gasteiger partial charge in [0.1, 0.15) is 5.82 Å². The van der Waals surface area contributed by atoms with Gasteiger partial charge in [0.25, 0.3) is 0 Å². The van der Waals surface area contributed by atoms with Crippen LogP contribution >= 0.6 is 0 Å². The second kappa shape index (κ2) is 5.66. The van der Waals surface area contributed by atoms with Gasteiger partial charge >= 0.3 is 0 Å². The third kappa shape index (κ3) is 4.25. The van der Waals surface area contributed by atoms with Gasteiger partial charge in [-0.3, -0.25) is 4.98 Å². The molecule has 0 aliphatic carbocycles. The zero-order valence-electron chi connectivity index (χ0n) is 9.99. The van der Waals surface area contributed by atoms with Crippen LogP contribution in [0.5, 0.6) is 0 Å². The molecule has 1 aromatic heterocycles. The van der Waals surface area contributed by atoms with Crippen LogP contribution in [0.25, 0.3) is 0 Å². The molecule has 1 heterocycles. The molecule has 84 valence electrons. The predicted octanol–water partition coefficient (Wildman–Crippen LogP) is 1.54. The Morgan fingerprint density at radius 2 is 2.00 bits per heavy atom. The zero-order valence-corrected chi connectivity index (χ0v) is 9.99. The highest BCUT2D eigenvalue weighted by Crippen LogP contribution is 2.09. The quantitative estimate of drug-likeness (QED) is 0.797. The summed E-state index contributed by atoms with van der Waals surface area (Å²) in [6, 6.07) is 0.419. The third-order valence-electron chi connectivity index (χ3n) is 2.27. The van der Waals surface area contributed by atoms with Gasteiger partial charge in [-0.25, -0.2) is 4.98 Å². The van der Waals surface area contributed by atoms with Gasteiger partial charge in [-0.1, -0.05) is 0 Å². The Kier molecular flexibility index (Phi) is 4.49. The van der Waals surface area contributed by atoms with Crippen LogP contribution in [-0.2, 0) is 0 Å². The number of aromatic nitrogens is 2. The van der Waals surface area contributed by atoms with Crippen molar-refractivity contribution in [3.8, 4) is 0 Å². The van der Waals surface area contributed by atoms with Gasteiger partial charge in [-0.2, -0.15) is 0 Å². The van der Waals surface area contributed by atoms with Gasteiger partial charge in [-0.15, -0.1) is 0 Å². The largest absolute Gasteiger partial charge is 0.366 e. The van der Waals surface area contributed by atoms with E-state index in [1.807, 2.05) is 6.92 Å². The first-order chi connectivity index (χ1) is 7.09. The number of hydrogen-bond donors (Lipinski definition) is 1. The van der Waals surface area contributed by atoms with Crippen molar-refractivity contribution < 1.29 is 0 Å². The van der Waals surface area contributed by atoms with Crippen molar-refractivity contribution in [2.45, 2.75) is 26.3 Å². The van der Waals surface area contributed by atoms with Crippen molar-refractivity contribution in [3.05, 3.63) is 18.1 Å². The molecule has 1 unspecified atom stereocenters. The first kappa shape index (κ1) is 11.9. The molecule has 1 atom stereocenters. The van der Waals surface area contributed by atoms with Crippen LogP contribution in [0.15, 0.2) is 12.4 Å². The maximum Gasteiger partial charge on any atom is 0.147 e. The van der Waals surface area contributed by atoms with E-state index >= 15 is 0 Å². The molecule has 0 aliphatic rings. The molecule has 15 heavy (non-hydrogen) atoms. The zero-order chi connectivity index (χ0) is 11.3. The van der Waals surface area contributed by atoms with Crippen LogP contribution in [0, 0.1) is 6.92 Å². The molecular formula is C11H20N4. The average molecular weight is 208 g/mol.